The molecular formula is C23H20Cl3F6NOS. The zero-order valence-corrected chi connectivity index (χ0v) is 21.4. The first kappa shape index (κ1) is 29.7. The Kier molecular flexibility index (Phi) is 10.3. The van der Waals surface area contributed by atoms with Crippen molar-refractivity contribution in [3.8, 4) is 0 Å². The summed E-state index contributed by atoms with van der Waals surface area (Å²) in [5.74, 6) is -5.82. The first-order chi connectivity index (χ1) is 16.1. The predicted octanol–water partition coefficient (Wildman–Crippen LogP) is 8.90. The van der Waals surface area contributed by atoms with Gasteiger partial charge in [0, 0.05) is 12.7 Å². The van der Waals surface area contributed by atoms with Crippen molar-refractivity contribution in [3.05, 3.63) is 73.7 Å². The molecule has 2 aromatic carbocycles. The largest absolute Gasteiger partial charge is 0.417 e. The number of carbonyl (C=O) groups excluding carboxylic acids is 1. The number of benzene rings is 2. The van der Waals surface area contributed by atoms with Crippen LogP contribution in [0.25, 0.3) is 6.08 Å². The van der Waals surface area contributed by atoms with Crippen molar-refractivity contribution in [1.29, 1.82) is 0 Å². The molecule has 1 N–H and O–H groups in total. The average Bonchev–Trinajstić information content (AvgIpc) is 2.74. The lowest BCUT2D eigenvalue weighted by Crippen LogP contribution is -2.32. The molecule has 0 radical (unpaired) electrons. The van der Waals surface area contributed by atoms with E-state index in [2.05, 4.69) is 5.32 Å². The lowest BCUT2D eigenvalue weighted by molar-refractivity contribution is -0.138. The molecule has 0 bridgehead atoms. The first-order valence-corrected chi connectivity index (χ1v) is 12.2. The van der Waals surface area contributed by atoms with E-state index in [0.29, 0.717) is 13.0 Å². The standard InChI is InChI=1S/C23H20Cl3F6NOS/c1-12(35-8-7-27)33-21(34)15-5-3-13(9-17(15)23(30,31)32)4-6-16(22(2,28)29)14-10-18(24)20(26)19(25)11-14/h3-6,9-12,16H,7-8H2,1-2H3,(H,33,34)/b6-4+/t12-,16?/m1/s1. The van der Waals surface area contributed by atoms with Crippen molar-refractivity contribution in [2.24, 2.45) is 0 Å². The van der Waals surface area contributed by atoms with Crippen LogP contribution < -0.4 is 5.32 Å². The highest BCUT2D eigenvalue weighted by atomic mass is 35.5. The van der Waals surface area contributed by atoms with E-state index < -0.39 is 47.1 Å². The minimum Gasteiger partial charge on any atom is -0.341 e. The van der Waals surface area contributed by atoms with Crippen LogP contribution in [0.2, 0.25) is 15.1 Å². The Balaban J connectivity index is 2.42. The van der Waals surface area contributed by atoms with Gasteiger partial charge in [0.25, 0.3) is 11.8 Å². The fraction of sp³-hybridized carbons (Fsp3) is 0.348. The van der Waals surface area contributed by atoms with Gasteiger partial charge in [0.2, 0.25) is 0 Å². The number of hydrogen-bond acceptors (Lipinski definition) is 2. The summed E-state index contributed by atoms with van der Waals surface area (Å²) in [7, 11) is 0. The second-order valence-electron chi connectivity index (χ2n) is 7.57. The molecule has 0 aliphatic heterocycles. The van der Waals surface area contributed by atoms with Crippen molar-refractivity contribution in [2.75, 3.05) is 12.4 Å². The number of alkyl halides is 6. The zero-order chi connectivity index (χ0) is 26.6. The Hall–Kier alpha value is -1.55. The molecule has 0 aliphatic carbocycles. The summed E-state index contributed by atoms with van der Waals surface area (Å²) in [4.78, 5) is 12.4. The number of allylic oxidation sites excluding steroid dienone is 1. The van der Waals surface area contributed by atoms with Gasteiger partial charge in [-0.3, -0.25) is 9.18 Å². The van der Waals surface area contributed by atoms with E-state index in [4.69, 9.17) is 34.8 Å². The normalized spacial score (nSPS) is 14.3. The molecule has 35 heavy (non-hydrogen) atoms. The van der Waals surface area contributed by atoms with Gasteiger partial charge in [0.15, 0.2) is 0 Å². The van der Waals surface area contributed by atoms with Gasteiger partial charge in [-0.2, -0.15) is 13.2 Å². The van der Waals surface area contributed by atoms with Crippen LogP contribution in [-0.2, 0) is 6.18 Å². The van der Waals surface area contributed by atoms with E-state index in [1.165, 1.54) is 25.1 Å². The van der Waals surface area contributed by atoms with E-state index in [1.54, 1.807) is 0 Å². The van der Waals surface area contributed by atoms with Gasteiger partial charge in [-0.05, 0) is 42.3 Å². The highest BCUT2D eigenvalue weighted by Gasteiger charge is 2.36. The summed E-state index contributed by atoms with van der Waals surface area (Å²) >= 11 is 18.8. The van der Waals surface area contributed by atoms with E-state index in [0.717, 1.165) is 30.0 Å². The third-order valence-electron chi connectivity index (χ3n) is 4.77. The second kappa shape index (κ2) is 12.1. The van der Waals surface area contributed by atoms with E-state index in [-0.39, 0.29) is 31.9 Å². The third kappa shape index (κ3) is 8.23. The molecule has 1 unspecified atom stereocenters. The van der Waals surface area contributed by atoms with Crippen LogP contribution >= 0.6 is 46.6 Å². The molecular weight excluding hydrogens is 559 g/mol. The Bertz CT molecular complexity index is 1060. The fourth-order valence-electron chi connectivity index (χ4n) is 3.16. The fourth-order valence-corrected chi connectivity index (χ4v) is 4.40. The van der Waals surface area contributed by atoms with Gasteiger partial charge in [0.05, 0.1) is 44.2 Å². The molecule has 0 saturated carbocycles. The van der Waals surface area contributed by atoms with Gasteiger partial charge in [-0.1, -0.05) is 53.0 Å². The summed E-state index contributed by atoms with van der Waals surface area (Å²) < 4.78 is 82.1. The summed E-state index contributed by atoms with van der Waals surface area (Å²) in [6.45, 7) is 1.52. The lowest BCUT2D eigenvalue weighted by atomic mass is 9.92. The van der Waals surface area contributed by atoms with Crippen molar-refractivity contribution in [3.63, 3.8) is 0 Å². The average molecular weight is 579 g/mol. The molecule has 0 aromatic heterocycles. The second-order valence-corrected chi connectivity index (χ2v) is 10.2. The number of amides is 1. The van der Waals surface area contributed by atoms with Crippen LogP contribution in [0.5, 0.6) is 0 Å². The van der Waals surface area contributed by atoms with Crippen molar-refractivity contribution >= 4 is 58.5 Å². The molecule has 192 valence electrons. The maximum absolute atomic E-state index is 14.4. The molecule has 0 fully saturated rings. The van der Waals surface area contributed by atoms with E-state index in [1.807, 2.05) is 0 Å². The van der Waals surface area contributed by atoms with E-state index in [9.17, 15) is 31.1 Å². The van der Waals surface area contributed by atoms with Crippen LogP contribution in [0.4, 0.5) is 26.3 Å². The molecule has 0 aliphatic rings. The highest BCUT2D eigenvalue weighted by Crippen LogP contribution is 2.40. The zero-order valence-electron chi connectivity index (χ0n) is 18.3. The Labute approximate surface area is 218 Å². The number of halogens is 9. The van der Waals surface area contributed by atoms with Crippen LogP contribution in [-0.4, -0.2) is 29.6 Å². The number of rotatable bonds is 9. The highest BCUT2D eigenvalue weighted by molar-refractivity contribution is 7.99. The van der Waals surface area contributed by atoms with Gasteiger partial charge in [-0.25, -0.2) is 8.78 Å². The maximum atomic E-state index is 14.4. The lowest BCUT2D eigenvalue weighted by Gasteiger charge is -2.22. The van der Waals surface area contributed by atoms with Crippen molar-refractivity contribution in [2.45, 2.75) is 37.2 Å². The van der Waals surface area contributed by atoms with Gasteiger partial charge in [-0.15, -0.1) is 11.8 Å². The van der Waals surface area contributed by atoms with Crippen LogP contribution in [0, 0.1) is 0 Å². The van der Waals surface area contributed by atoms with Gasteiger partial charge in [0.1, 0.15) is 0 Å². The number of nitrogens with one attached hydrogen (secondary N) is 1. The van der Waals surface area contributed by atoms with Crippen LogP contribution in [0.1, 0.15) is 46.8 Å². The third-order valence-corrected chi connectivity index (χ3v) is 6.97. The monoisotopic (exact) mass is 577 g/mol. The maximum Gasteiger partial charge on any atom is 0.417 e. The summed E-state index contributed by atoms with van der Waals surface area (Å²) in [6, 6.07) is 5.27. The molecule has 0 saturated heterocycles. The summed E-state index contributed by atoms with van der Waals surface area (Å²) in [5, 5.41) is 1.64. The van der Waals surface area contributed by atoms with Crippen molar-refractivity contribution in [1.82, 2.24) is 5.32 Å². The predicted molar refractivity (Wildman–Crippen MR) is 131 cm³/mol. The SMILES string of the molecule is C[C@H](NC(=O)c1ccc(/C=C/C(c2cc(Cl)c(Cl)c(Cl)c2)C(C)(F)F)cc1C(F)(F)F)SCCF. The smallest absolute Gasteiger partial charge is 0.341 e. The van der Waals surface area contributed by atoms with Crippen LogP contribution in [0.15, 0.2) is 36.4 Å². The molecule has 0 spiro atoms. The number of thioether (sulfide) groups is 1. The minimum absolute atomic E-state index is 0.0136. The molecule has 2 nitrogen and oxygen atoms in total. The topological polar surface area (TPSA) is 29.1 Å². The molecule has 12 heteroatoms. The summed E-state index contributed by atoms with van der Waals surface area (Å²) in [5.41, 5.74) is -1.93. The molecule has 2 atom stereocenters. The van der Waals surface area contributed by atoms with Gasteiger partial charge < -0.3 is 5.32 Å². The summed E-state index contributed by atoms with van der Waals surface area (Å²) in [6.07, 6.45) is -2.77. The minimum atomic E-state index is -4.89. The number of carbonyl (C=O) groups is 1. The van der Waals surface area contributed by atoms with Crippen LogP contribution in [0.3, 0.4) is 0 Å². The Morgan fingerprint density at radius 1 is 1.09 bits per heavy atom. The van der Waals surface area contributed by atoms with Gasteiger partial charge >= 0.3 is 6.18 Å². The molecule has 1 amide bonds. The molecule has 0 heterocycles. The molecule has 2 rings (SSSR count). The Morgan fingerprint density at radius 2 is 1.69 bits per heavy atom. The quantitative estimate of drug-likeness (QED) is 0.183. The first-order valence-electron chi connectivity index (χ1n) is 10.0. The van der Waals surface area contributed by atoms with Crippen molar-refractivity contribution < 1.29 is 31.1 Å². The molecule has 2 aromatic rings. The Morgan fingerprint density at radius 3 is 2.20 bits per heavy atom. The van der Waals surface area contributed by atoms with E-state index >= 15 is 0 Å². The number of hydrogen-bond donors (Lipinski definition) is 1.